The molecular formula is C20H27NO6. The lowest BCUT2D eigenvalue weighted by Gasteiger charge is -2.12. The minimum atomic E-state index is -1.16. The highest BCUT2D eigenvalue weighted by Crippen LogP contribution is 2.12. The maximum absolute atomic E-state index is 12.2. The number of carbonyl (C=O) groups is 4. The van der Waals surface area contributed by atoms with Gasteiger partial charge in [-0.2, -0.15) is 0 Å². The second kappa shape index (κ2) is 11.8. The van der Waals surface area contributed by atoms with Crippen LogP contribution in [0.25, 0.3) is 0 Å². The number of rotatable bonds is 10. The molecule has 0 fully saturated rings. The van der Waals surface area contributed by atoms with Gasteiger partial charge in [0.15, 0.2) is 11.9 Å². The van der Waals surface area contributed by atoms with Crippen LogP contribution in [0.4, 0.5) is 4.79 Å². The summed E-state index contributed by atoms with van der Waals surface area (Å²) in [5.41, 5.74) is 1.73. The standard InChI is InChI=1S/C20H27NO6/c1-4-5-6-7-15-8-10-16(11-9-15)17(22)12-13-18(23)27-14(2)19(24)21-20(25)26-3/h8-11,14H,4-7,12-13H2,1-3H3,(H,21,24,25)/t14-/m0/s1. The van der Waals surface area contributed by atoms with Gasteiger partial charge in [-0.05, 0) is 25.3 Å². The van der Waals surface area contributed by atoms with Gasteiger partial charge in [0.1, 0.15) is 0 Å². The molecule has 0 aliphatic rings. The Balaban J connectivity index is 2.41. The summed E-state index contributed by atoms with van der Waals surface area (Å²) in [6.45, 7) is 3.48. The SMILES string of the molecule is CCCCCc1ccc(C(=O)CCC(=O)O[C@@H](C)C(=O)NC(=O)OC)cc1. The molecule has 0 saturated heterocycles. The molecule has 0 aliphatic heterocycles. The van der Waals surface area contributed by atoms with Crippen LogP contribution in [0.15, 0.2) is 24.3 Å². The van der Waals surface area contributed by atoms with E-state index in [2.05, 4.69) is 11.7 Å². The first kappa shape index (κ1) is 22.3. The van der Waals surface area contributed by atoms with Gasteiger partial charge in [-0.1, -0.05) is 44.0 Å². The zero-order valence-electron chi connectivity index (χ0n) is 16.1. The fraction of sp³-hybridized carbons (Fsp3) is 0.500. The van der Waals surface area contributed by atoms with Gasteiger partial charge >= 0.3 is 12.1 Å². The van der Waals surface area contributed by atoms with Gasteiger partial charge in [-0.3, -0.25) is 19.7 Å². The van der Waals surface area contributed by atoms with Crippen LogP contribution in [0.1, 0.15) is 61.9 Å². The normalized spacial score (nSPS) is 11.4. The summed E-state index contributed by atoms with van der Waals surface area (Å²) in [6.07, 6.45) is 2.20. The molecule has 7 nitrogen and oxygen atoms in total. The Kier molecular flexibility index (Phi) is 9.79. The molecule has 27 heavy (non-hydrogen) atoms. The molecule has 0 heterocycles. The fourth-order valence-corrected chi connectivity index (χ4v) is 2.36. The number of alkyl carbamates (subject to hydrolysis) is 1. The molecule has 0 radical (unpaired) electrons. The minimum Gasteiger partial charge on any atom is -0.453 e. The molecule has 0 aromatic heterocycles. The number of imide groups is 1. The molecular weight excluding hydrogens is 350 g/mol. The summed E-state index contributed by atoms with van der Waals surface area (Å²) in [7, 11) is 1.11. The number of unbranched alkanes of at least 4 members (excludes halogenated alkanes) is 2. The van der Waals surface area contributed by atoms with E-state index in [4.69, 9.17) is 4.74 Å². The van der Waals surface area contributed by atoms with Crippen molar-refractivity contribution >= 4 is 23.8 Å². The molecule has 0 spiro atoms. The van der Waals surface area contributed by atoms with Crippen LogP contribution >= 0.6 is 0 Å². The molecule has 2 amide bonds. The summed E-state index contributed by atoms with van der Waals surface area (Å²) >= 11 is 0. The first-order chi connectivity index (χ1) is 12.9. The maximum atomic E-state index is 12.2. The molecule has 1 atom stereocenters. The van der Waals surface area contributed by atoms with Crippen molar-refractivity contribution in [2.24, 2.45) is 0 Å². The Morgan fingerprint density at radius 1 is 1.04 bits per heavy atom. The lowest BCUT2D eigenvalue weighted by atomic mass is 10.0. The first-order valence-corrected chi connectivity index (χ1v) is 9.07. The Bertz CT molecular complexity index is 653. The van der Waals surface area contributed by atoms with Crippen molar-refractivity contribution in [2.75, 3.05) is 7.11 Å². The molecule has 7 heteroatoms. The number of nitrogens with one attached hydrogen (secondary N) is 1. The van der Waals surface area contributed by atoms with E-state index in [9.17, 15) is 19.2 Å². The van der Waals surface area contributed by atoms with E-state index < -0.39 is 24.1 Å². The number of ketones is 1. The number of Topliss-reactive ketones (excluding diaryl/α,β-unsaturated/α-hetero) is 1. The maximum Gasteiger partial charge on any atom is 0.413 e. The van der Waals surface area contributed by atoms with Gasteiger partial charge in [0.25, 0.3) is 5.91 Å². The van der Waals surface area contributed by atoms with Crippen molar-refractivity contribution in [3.8, 4) is 0 Å². The lowest BCUT2D eigenvalue weighted by Crippen LogP contribution is -2.39. The van der Waals surface area contributed by atoms with Gasteiger partial charge in [0.05, 0.1) is 13.5 Å². The average Bonchev–Trinajstić information content (AvgIpc) is 2.66. The van der Waals surface area contributed by atoms with E-state index in [0.29, 0.717) is 5.56 Å². The third-order valence-electron chi connectivity index (χ3n) is 3.99. The first-order valence-electron chi connectivity index (χ1n) is 9.07. The molecule has 0 unspecified atom stereocenters. The summed E-state index contributed by atoms with van der Waals surface area (Å²) in [5, 5.41) is 1.90. The van der Waals surface area contributed by atoms with Crippen molar-refractivity contribution in [2.45, 2.75) is 58.5 Å². The Morgan fingerprint density at radius 2 is 1.70 bits per heavy atom. The van der Waals surface area contributed by atoms with Gasteiger partial charge in [-0.15, -0.1) is 0 Å². The largest absolute Gasteiger partial charge is 0.453 e. The van der Waals surface area contributed by atoms with Gasteiger partial charge < -0.3 is 9.47 Å². The molecule has 1 N–H and O–H groups in total. The number of amides is 2. The predicted octanol–water partition coefficient (Wildman–Crippen LogP) is 3.20. The molecule has 0 aliphatic carbocycles. The van der Waals surface area contributed by atoms with E-state index in [1.165, 1.54) is 18.9 Å². The molecule has 0 bridgehead atoms. The number of methoxy groups -OCH3 is 1. The van der Waals surface area contributed by atoms with Crippen LogP contribution < -0.4 is 5.32 Å². The Labute approximate surface area is 159 Å². The van der Waals surface area contributed by atoms with Crippen molar-refractivity contribution in [1.29, 1.82) is 0 Å². The highest BCUT2D eigenvalue weighted by Gasteiger charge is 2.20. The number of esters is 1. The highest BCUT2D eigenvalue weighted by molar-refractivity contribution is 5.98. The second-order valence-electron chi connectivity index (χ2n) is 6.19. The van der Waals surface area contributed by atoms with E-state index in [1.54, 1.807) is 12.1 Å². The third kappa shape index (κ3) is 8.48. The fourth-order valence-electron chi connectivity index (χ4n) is 2.36. The predicted molar refractivity (Wildman–Crippen MR) is 99.3 cm³/mol. The lowest BCUT2D eigenvalue weighted by molar-refractivity contribution is -0.154. The highest BCUT2D eigenvalue weighted by atomic mass is 16.6. The van der Waals surface area contributed by atoms with Crippen LogP contribution in [-0.4, -0.2) is 37.0 Å². The number of aryl methyl sites for hydroxylation is 1. The molecule has 0 saturated carbocycles. The molecule has 1 aromatic rings. The topological polar surface area (TPSA) is 98.8 Å². The van der Waals surface area contributed by atoms with E-state index in [-0.39, 0.29) is 18.6 Å². The van der Waals surface area contributed by atoms with Crippen LogP contribution in [-0.2, 0) is 25.5 Å². The van der Waals surface area contributed by atoms with Crippen molar-refractivity contribution in [3.63, 3.8) is 0 Å². The monoisotopic (exact) mass is 377 g/mol. The smallest absolute Gasteiger partial charge is 0.413 e. The summed E-state index contributed by atoms with van der Waals surface area (Å²) in [4.78, 5) is 46.5. The number of benzene rings is 1. The number of hydrogen-bond acceptors (Lipinski definition) is 6. The van der Waals surface area contributed by atoms with Crippen LogP contribution in [0.3, 0.4) is 0 Å². The Hall–Kier alpha value is -2.70. The summed E-state index contributed by atoms with van der Waals surface area (Å²) in [6, 6.07) is 7.39. The Morgan fingerprint density at radius 3 is 2.30 bits per heavy atom. The zero-order chi connectivity index (χ0) is 20.2. The third-order valence-corrected chi connectivity index (χ3v) is 3.99. The molecule has 1 rings (SSSR count). The van der Waals surface area contributed by atoms with Crippen molar-refractivity contribution in [1.82, 2.24) is 5.32 Å². The second-order valence-corrected chi connectivity index (χ2v) is 6.19. The van der Waals surface area contributed by atoms with E-state index >= 15 is 0 Å². The summed E-state index contributed by atoms with van der Waals surface area (Å²) < 4.78 is 9.19. The van der Waals surface area contributed by atoms with Crippen LogP contribution in [0, 0.1) is 0 Å². The summed E-state index contributed by atoms with van der Waals surface area (Å²) in [5.74, 6) is -1.65. The zero-order valence-corrected chi connectivity index (χ0v) is 16.1. The average molecular weight is 377 g/mol. The number of ether oxygens (including phenoxy) is 2. The number of carbonyl (C=O) groups excluding carboxylic acids is 4. The number of hydrogen-bond donors (Lipinski definition) is 1. The van der Waals surface area contributed by atoms with E-state index in [0.717, 1.165) is 26.4 Å². The van der Waals surface area contributed by atoms with Gasteiger partial charge in [0.2, 0.25) is 0 Å². The van der Waals surface area contributed by atoms with Gasteiger partial charge in [0, 0.05) is 12.0 Å². The van der Waals surface area contributed by atoms with Crippen LogP contribution in [0.5, 0.6) is 0 Å². The van der Waals surface area contributed by atoms with Crippen molar-refractivity contribution in [3.05, 3.63) is 35.4 Å². The molecule has 148 valence electrons. The minimum absolute atomic E-state index is 0.0145. The quantitative estimate of drug-likeness (QED) is 0.382. The molecule has 1 aromatic carbocycles. The van der Waals surface area contributed by atoms with Crippen molar-refractivity contribution < 1.29 is 28.7 Å². The van der Waals surface area contributed by atoms with Gasteiger partial charge in [-0.25, -0.2) is 4.79 Å². The van der Waals surface area contributed by atoms with Crippen LogP contribution in [0.2, 0.25) is 0 Å². The van der Waals surface area contributed by atoms with E-state index in [1.807, 2.05) is 17.4 Å².